The molecule has 0 saturated carbocycles. The minimum absolute atomic E-state index is 0.0259. The average Bonchev–Trinajstić information content (AvgIpc) is 2.45. The van der Waals surface area contributed by atoms with Crippen LogP contribution in [-0.4, -0.2) is 8.42 Å². The van der Waals surface area contributed by atoms with Crippen LogP contribution in [0.4, 0.5) is 0 Å². The number of benzene rings is 2. The highest BCUT2D eigenvalue weighted by Gasteiger charge is 2.09. The molecule has 0 amide bonds. The molecule has 0 unspecified atom stereocenters. The van der Waals surface area contributed by atoms with Crippen LogP contribution in [0.25, 0.3) is 0 Å². The van der Waals surface area contributed by atoms with Crippen molar-refractivity contribution in [2.45, 2.75) is 11.5 Å². The Morgan fingerprint density at radius 1 is 1.15 bits per heavy atom. The second-order valence-electron chi connectivity index (χ2n) is 4.01. The zero-order chi connectivity index (χ0) is 14.6. The zero-order valence-corrected chi connectivity index (χ0v) is 11.9. The van der Waals surface area contributed by atoms with Crippen molar-refractivity contribution in [3.8, 4) is 11.8 Å². The van der Waals surface area contributed by atoms with Crippen molar-refractivity contribution in [2.24, 2.45) is 0 Å². The minimum Gasteiger partial charge on any atom is -0.489 e. The molecule has 2 aromatic rings. The fourth-order valence-corrected chi connectivity index (χ4v) is 2.37. The number of nitrogens with zero attached hydrogens (tertiary/aromatic N) is 1. The maximum Gasteiger partial charge on any atom is 0.261 e. The highest BCUT2D eigenvalue weighted by molar-refractivity contribution is 8.13. The third-order valence-electron chi connectivity index (χ3n) is 2.57. The van der Waals surface area contributed by atoms with Gasteiger partial charge in [0.05, 0.1) is 16.5 Å². The van der Waals surface area contributed by atoms with Gasteiger partial charge in [0.25, 0.3) is 9.05 Å². The first kappa shape index (κ1) is 14.4. The monoisotopic (exact) mass is 307 g/mol. The van der Waals surface area contributed by atoms with Crippen molar-refractivity contribution in [3.63, 3.8) is 0 Å². The van der Waals surface area contributed by atoms with Gasteiger partial charge in [-0.25, -0.2) is 8.42 Å². The lowest BCUT2D eigenvalue weighted by Crippen LogP contribution is -1.96. The van der Waals surface area contributed by atoms with Crippen molar-refractivity contribution < 1.29 is 13.2 Å². The fraction of sp³-hybridized carbons (Fsp3) is 0.0714. The third-order valence-corrected chi connectivity index (χ3v) is 3.94. The average molecular weight is 308 g/mol. The lowest BCUT2D eigenvalue weighted by molar-refractivity contribution is 0.306. The van der Waals surface area contributed by atoms with Crippen LogP contribution in [0.2, 0.25) is 0 Å². The summed E-state index contributed by atoms with van der Waals surface area (Å²) in [6, 6.07) is 14.9. The minimum atomic E-state index is -3.72. The molecule has 0 atom stereocenters. The van der Waals surface area contributed by atoms with E-state index in [2.05, 4.69) is 6.07 Å². The summed E-state index contributed by atoms with van der Waals surface area (Å²) in [7, 11) is 1.50. The summed E-state index contributed by atoms with van der Waals surface area (Å²) in [5.74, 6) is 0.524. The van der Waals surface area contributed by atoms with Crippen molar-refractivity contribution in [1.29, 1.82) is 5.26 Å². The molecule has 0 bridgehead atoms. The molecular weight excluding hydrogens is 298 g/mol. The van der Waals surface area contributed by atoms with Crippen LogP contribution < -0.4 is 4.74 Å². The van der Waals surface area contributed by atoms with Gasteiger partial charge in [-0.15, -0.1) is 0 Å². The normalized spacial score (nSPS) is 10.8. The number of hydrogen-bond acceptors (Lipinski definition) is 4. The zero-order valence-electron chi connectivity index (χ0n) is 10.3. The smallest absolute Gasteiger partial charge is 0.261 e. The van der Waals surface area contributed by atoms with Gasteiger partial charge in [0, 0.05) is 10.7 Å². The third kappa shape index (κ3) is 3.73. The van der Waals surface area contributed by atoms with Crippen LogP contribution in [0.15, 0.2) is 53.4 Å². The highest BCUT2D eigenvalue weighted by atomic mass is 35.7. The van der Waals surface area contributed by atoms with E-state index in [1.54, 1.807) is 18.2 Å². The lowest BCUT2D eigenvalue weighted by atomic mass is 10.1. The van der Waals surface area contributed by atoms with Gasteiger partial charge in [-0.2, -0.15) is 5.26 Å². The molecule has 2 rings (SSSR count). The molecule has 0 aromatic heterocycles. The standard InChI is InChI=1S/C14H10ClNO3S/c15-20(17,18)14-6-4-13(5-7-14)19-10-12-3-1-2-11(8-12)9-16/h1-8H,10H2. The predicted molar refractivity (Wildman–Crippen MR) is 75.0 cm³/mol. The van der Waals surface area contributed by atoms with Crippen LogP contribution in [0.5, 0.6) is 5.75 Å². The predicted octanol–water partition coefficient (Wildman–Crippen LogP) is 3.06. The van der Waals surface area contributed by atoms with E-state index in [1.807, 2.05) is 6.07 Å². The van der Waals surface area contributed by atoms with Crippen LogP contribution in [0, 0.1) is 11.3 Å². The first-order valence-electron chi connectivity index (χ1n) is 5.65. The van der Waals surface area contributed by atoms with Crippen LogP contribution in [0.1, 0.15) is 11.1 Å². The Morgan fingerprint density at radius 2 is 1.85 bits per heavy atom. The molecule has 0 aliphatic rings. The number of ether oxygens (including phenoxy) is 1. The van der Waals surface area contributed by atoms with Crippen LogP contribution in [0.3, 0.4) is 0 Å². The Labute approximate surface area is 121 Å². The summed E-state index contributed by atoms with van der Waals surface area (Å²) in [6.45, 7) is 0.294. The Hall–Kier alpha value is -2.03. The van der Waals surface area contributed by atoms with Gasteiger partial charge in [0.1, 0.15) is 12.4 Å². The number of nitriles is 1. The van der Waals surface area contributed by atoms with Crippen molar-refractivity contribution >= 4 is 19.7 Å². The van der Waals surface area contributed by atoms with Crippen LogP contribution >= 0.6 is 10.7 Å². The Bertz CT molecular complexity index is 749. The Balaban J connectivity index is 2.06. The summed E-state index contributed by atoms with van der Waals surface area (Å²) in [6.07, 6.45) is 0. The summed E-state index contributed by atoms with van der Waals surface area (Å²) in [5.41, 5.74) is 1.42. The van der Waals surface area contributed by atoms with Crippen molar-refractivity contribution in [3.05, 3.63) is 59.7 Å². The maximum absolute atomic E-state index is 11.1. The van der Waals surface area contributed by atoms with Gasteiger partial charge >= 0.3 is 0 Å². The van der Waals surface area contributed by atoms with Crippen molar-refractivity contribution in [2.75, 3.05) is 0 Å². The molecule has 4 nitrogen and oxygen atoms in total. The molecule has 0 aliphatic carbocycles. The molecule has 0 aliphatic heterocycles. The maximum atomic E-state index is 11.1. The first-order chi connectivity index (χ1) is 9.49. The molecule has 0 heterocycles. The van der Waals surface area contributed by atoms with Gasteiger partial charge in [0.2, 0.25) is 0 Å². The lowest BCUT2D eigenvalue weighted by Gasteiger charge is -2.06. The number of hydrogen-bond donors (Lipinski definition) is 0. The summed E-state index contributed by atoms with van der Waals surface area (Å²) in [5, 5.41) is 8.79. The molecule has 0 saturated heterocycles. The SMILES string of the molecule is N#Cc1cccc(COc2ccc(S(=O)(=O)Cl)cc2)c1. The van der Waals surface area contributed by atoms with Gasteiger partial charge in [-0.1, -0.05) is 12.1 Å². The van der Waals surface area contributed by atoms with E-state index in [0.29, 0.717) is 17.9 Å². The van der Waals surface area contributed by atoms with E-state index < -0.39 is 9.05 Å². The second kappa shape index (κ2) is 5.95. The van der Waals surface area contributed by atoms with E-state index in [-0.39, 0.29) is 4.90 Å². The summed E-state index contributed by atoms with van der Waals surface area (Å²) >= 11 is 0. The molecule has 6 heteroatoms. The van der Waals surface area contributed by atoms with E-state index >= 15 is 0 Å². The molecule has 2 aromatic carbocycles. The largest absolute Gasteiger partial charge is 0.489 e. The molecule has 0 N–H and O–H groups in total. The topological polar surface area (TPSA) is 67.2 Å². The molecule has 0 spiro atoms. The molecule has 0 radical (unpaired) electrons. The van der Waals surface area contributed by atoms with Gasteiger partial charge in [0.15, 0.2) is 0 Å². The Morgan fingerprint density at radius 3 is 2.45 bits per heavy atom. The summed E-state index contributed by atoms with van der Waals surface area (Å²) < 4.78 is 27.7. The van der Waals surface area contributed by atoms with Crippen molar-refractivity contribution in [1.82, 2.24) is 0 Å². The first-order valence-corrected chi connectivity index (χ1v) is 7.96. The second-order valence-corrected chi connectivity index (χ2v) is 6.58. The molecule has 20 heavy (non-hydrogen) atoms. The quantitative estimate of drug-likeness (QED) is 0.814. The van der Waals surface area contributed by atoms with Crippen LogP contribution in [-0.2, 0) is 15.7 Å². The number of halogens is 1. The van der Waals surface area contributed by atoms with E-state index in [1.165, 1.54) is 24.3 Å². The number of rotatable bonds is 4. The van der Waals surface area contributed by atoms with Gasteiger partial charge in [-0.05, 0) is 42.0 Å². The fourth-order valence-electron chi connectivity index (χ4n) is 1.60. The van der Waals surface area contributed by atoms with E-state index in [9.17, 15) is 8.42 Å². The van der Waals surface area contributed by atoms with Gasteiger partial charge < -0.3 is 4.74 Å². The van der Waals surface area contributed by atoms with E-state index in [0.717, 1.165) is 5.56 Å². The summed E-state index contributed by atoms with van der Waals surface area (Å²) in [4.78, 5) is 0.0259. The molecule has 102 valence electrons. The molecule has 0 fully saturated rings. The van der Waals surface area contributed by atoms with Gasteiger partial charge in [-0.3, -0.25) is 0 Å². The Kier molecular flexibility index (Phi) is 4.28. The highest BCUT2D eigenvalue weighted by Crippen LogP contribution is 2.20. The van der Waals surface area contributed by atoms with E-state index in [4.69, 9.17) is 20.7 Å². The molecular formula is C14H10ClNO3S.